The van der Waals surface area contributed by atoms with E-state index in [1.807, 2.05) is 49.9 Å². The number of amides is 3. The first-order valence-electron chi connectivity index (χ1n) is 10.00. The van der Waals surface area contributed by atoms with E-state index >= 15 is 0 Å². The van der Waals surface area contributed by atoms with Crippen LogP contribution in [0.2, 0.25) is 0 Å². The monoisotopic (exact) mass is 391 g/mol. The van der Waals surface area contributed by atoms with Gasteiger partial charge in [-0.15, -0.1) is 0 Å². The van der Waals surface area contributed by atoms with Gasteiger partial charge in [0.15, 0.2) is 0 Å². The van der Waals surface area contributed by atoms with Crippen molar-refractivity contribution in [2.24, 2.45) is 0 Å². The summed E-state index contributed by atoms with van der Waals surface area (Å²) in [5, 5.41) is 5.47. The van der Waals surface area contributed by atoms with Crippen LogP contribution in [0.25, 0.3) is 0 Å². The number of hydrogen-bond acceptors (Lipinski definition) is 3. The fraction of sp³-hybridized carbons (Fsp3) is 0.348. The Morgan fingerprint density at radius 2 is 1.48 bits per heavy atom. The van der Waals surface area contributed by atoms with Crippen molar-refractivity contribution in [3.8, 4) is 0 Å². The molecule has 6 nitrogen and oxygen atoms in total. The molecule has 0 bridgehead atoms. The van der Waals surface area contributed by atoms with Crippen molar-refractivity contribution in [3.05, 3.63) is 52.1 Å². The molecule has 0 saturated heterocycles. The second-order valence-corrected chi connectivity index (χ2v) is 7.97. The second kappa shape index (κ2) is 7.35. The lowest BCUT2D eigenvalue weighted by molar-refractivity contribution is -0.133. The van der Waals surface area contributed by atoms with Gasteiger partial charge in [0.1, 0.15) is 0 Å². The molecule has 0 aromatic heterocycles. The highest BCUT2D eigenvalue weighted by Crippen LogP contribution is 2.37. The van der Waals surface area contributed by atoms with E-state index in [1.165, 1.54) is 0 Å². The molecule has 0 unspecified atom stereocenters. The van der Waals surface area contributed by atoms with E-state index in [2.05, 4.69) is 10.6 Å². The molecule has 2 heterocycles. The van der Waals surface area contributed by atoms with E-state index in [0.29, 0.717) is 24.2 Å². The minimum Gasteiger partial charge on any atom is -0.318 e. The average Bonchev–Trinajstić information content (AvgIpc) is 2.67. The van der Waals surface area contributed by atoms with Gasteiger partial charge in [0, 0.05) is 24.3 Å². The van der Waals surface area contributed by atoms with Crippen LogP contribution in [0.4, 0.5) is 17.1 Å². The van der Waals surface area contributed by atoms with Gasteiger partial charge in [-0.3, -0.25) is 14.4 Å². The van der Waals surface area contributed by atoms with E-state index in [1.54, 1.807) is 0 Å². The van der Waals surface area contributed by atoms with Crippen LogP contribution in [-0.2, 0) is 27.2 Å². The third-order valence-corrected chi connectivity index (χ3v) is 5.65. The lowest BCUT2D eigenvalue weighted by Crippen LogP contribution is -2.39. The van der Waals surface area contributed by atoms with Gasteiger partial charge in [-0.1, -0.05) is 17.7 Å². The van der Waals surface area contributed by atoms with Crippen LogP contribution >= 0.6 is 0 Å². The van der Waals surface area contributed by atoms with E-state index in [0.717, 1.165) is 52.9 Å². The molecule has 29 heavy (non-hydrogen) atoms. The number of benzene rings is 2. The van der Waals surface area contributed by atoms with Crippen LogP contribution in [0.3, 0.4) is 0 Å². The summed E-state index contributed by atoms with van der Waals surface area (Å²) in [7, 11) is 0. The minimum absolute atomic E-state index is 0.165. The van der Waals surface area contributed by atoms with Crippen LogP contribution in [0.5, 0.6) is 0 Å². The third kappa shape index (κ3) is 3.62. The van der Waals surface area contributed by atoms with Crippen LogP contribution in [0, 0.1) is 20.8 Å². The molecule has 2 aromatic carbocycles. The summed E-state index contributed by atoms with van der Waals surface area (Å²) in [6.45, 7) is 6.57. The first-order valence-corrected chi connectivity index (χ1v) is 10.00. The highest BCUT2D eigenvalue weighted by atomic mass is 16.2. The predicted octanol–water partition coefficient (Wildman–Crippen LogP) is 3.41. The zero-order chi connectivity index (χ0) is 20.7. The zero-order valence-electron chi connectivity index (χ0n) is 17.0. The summed E-state index contributed by atoms with van der Waals surface area (Å²) in [4.78, 5) is 39.0. The number of carbonyl (C=O) groups is 3. The molecule has 0 atom stereocenters. The Hall–Kier alpha value is -3.15. The Bertz CT molecular complexity index is 1000. The van der Waals surface area contributed by atoms with Crippen LogP contribution < -0.4 is 15.5 Å². The SMILES string of the molecule is Cc1cc(C)c(NC(=O)C(=O)Nc2cc3c4c(c2)CCC(=O)N4CCC3)c(C)c1. The number of aryl methyl sites for hydroxylation is 5. The Labute approximate surface area is 170 Å². The van der Waals surface area contributed by atoms with Crippen LogP contribution in [0.1, 0.15) is 40.7 Å². The maximum atomic E-state index is 12.5. The Morgan fingerprint density at radius 1 is 0.862 bits per heavy atom. The Kier molecular flexibility index (Phi) is 4.86. The van der Waals surface area contributed by atoms with Gasteiger partial charge in [0.25, 0.3) is 0 Å². The first kappa shape index (κ1) is 19.2. The van der Waals surface area contributed by atoms with Gasteiger partial charge < -0.3 is 15.5 Å². The molecule has 4 rings (SSSR count). The van der Waals surface area contributed by atoms with Crippen molar-refractivity contribution in [3.63, 3.8) is 0 Å². The van der Waals surface area contributed by atoms with E-state index < -0.39 is 11.8 Å². The maximum Gasteiger partial charge on any atom is 0.314 e. The fourth-order valence-corrected chi connectivity index (χ4v) is 4.46. The quantitative estimate of drug-likeness (QED) is 0.770. The fourth-order valence-electron chi connectivity index (χ4n) is 4.46. The molecule has 2 N–H and O–H groups in total. The molecular formula is C23H25N3O3. The van der Waals surface area contributed by atoms with Crippen molar-refractivity contribution >= 4 is 34.8 Å². The standard InChI is InChI=1S/C23H25N3O3/c1-13-9-14(2)20(15(3)10-13)25-23(29)22(28)24-18-11-16-5-4-8-26-19(27)7-6-17(12-18)21(16)26/h9-12H,4-8H2,1-3H3,(H,24,28)(H,25,29). The molecule has 0 fully saturated rings. The van der Waals surface area contributed by atoms with Gasteiger partial charge in [-0.2, -0.15) is 0 Å². The zero-order valence-corrected chi connectivity index (χ0v) is 17.0. The van der Waals surface area contributed by atoms with Crippen molar-refractivity contribution in [2.75, 3.05) is 22.1 Å². The molecule has 2 aliphatic rings. The molecule has 0 aliphatic carbocycles. The summed E-state index contributed by atoms with van der Waals surface area (Å²) >= 11 is 0. The Morgan fingerprint density at radius 3 is 2.17 bits per heavy atom. The summed E-state index contributed by atoms with van der Waals surface area (Å²) in [5.41, 5.74) is 7.35. The number of hydrogen-bond donors (Lipinski definition) is 2. The molecule has 0 spiro atoms. The molecular weight excluding hydrogens is 366 g/mol. The number of nitrogens with one attached hydrogen (secondary N) is 2. The van der Waals surface area contributed by atoms with Gasteiger partial charge in [0.2, 0.25) is 5.91 Å². The molecule has 2 aromatic rings. The van der Waals surface area contributed by atoms with E-state index in [-0.39, 0.29) is 5.91 Å². The first-order chi connectivity index (χ1) is 13.8. The van der Waals surface area contributed by atoms with Crippen molar-refractivity contribution in [1.82, 2.24) is 0 Å². The predicted molar refractivity (Wildman–Crippen MR) is 113 cm³/mol. The molecule has 150 valence electrons. The van der Waals surface area contributed by atoms with Crippen molar-refractivity contribution < 1.29 is 14.4 Å². The highest BCUT2D eigenvalue weighted by molar-refractivity contribution is 6.43. The topological polar surface area (TPSA) is 78.5 Å². The van der Waals surface area contributed by atoms with Gasteiger partial charge in [-0.05, 0) is 74.4 Å². The Balaban J connectivity index is 1.53. The summed E-state index contributed by atoms with van der Waals surface area (Å²) in [6.07, 6.45) is 2.91. The van der Waals surface area contributed by atoms with Crippen LogP contribution in [-0.4, -0.2) is 24.3 Å². The van der Waals surface area contributed by atoms with Crippen molar-refractivity contribution in [1.29, 1.82) is 0 Å². The average molecular weight is 391 g/mol. The molecule has 3 amide bonds. The van der Waals surface area contributed by atoms with Gasteiger partial charge in [0.05, 0.1) is 5.69 Å². The lowest BCUT2D eigenvalue weighted by atomic mass is 9.91. The molecule has 6 heteroatoms. The normalized spacial score (nSPS) is 15.0. The summed E-state index contributed by atoms with van der Waals surface area (Å²) in [6, 6.07) is 7.72. The van der Waals surface area contributed by atoms with Gasteiger partial charge in [-0.25, -0.2) is 0 Å². The van der Waals surface area contributed by atoms with Crippen molar-refractivity contribution in [2.45, 2.75) is 46.5 Å². The molecule has 0 radical (unpaired) electrons. The van der Waals surface area contributed by atoms with Gasteiger partial charge >= 0.3 is 11.8 Å². The smallest absolute Gasteiger partial charge is 0.314 e. The number of rotatable bonds is 2. The third-order valence-electron chi connectivity index (χ3n) is 5.65. The minimum atomic E-state index is -0.698. The summed E-state index contributed by atoms with van der Waals surface area (Å²) in [5.74, 6) is -1.22. The van der Waals surface area contributed by atoms with Crippen LogP contribution in [0.15, 0.2) is 24.3 Å². The lowest BCUT2D eigenvalue weighted by Gasteiger charge is -2.35. The molecule has 2 aliphatic heterocycles. The largest absolute Gasteiger partial charge is 0.318 e. The number of carbonyl (C=O) groups excluding carboxylic acids is 3. The van der Waals surface area contributed by atoms with E-state index in [9.17, 15) is 14.4 Å². The molecule has 0 saturated carbocycles. The number of anilines is 3. The second-order valence-electron chi connectivity index (χ2n) is 7.97. The number of nitrogens with zero attached hydrogens (tertiary/aromatic N) is 1. The maximum absolute atomic E-state index is 12.5. The van der Waals surface area contributed by atoms with E-state index in [4.69, 9.17) is 0 Å². The highest BCUT2D eigenvalue weighted by Gasteiger charge is 2.30. The summed E-state index contributed by atoms with van der Waals surface area (Å²) < 4.78 is 0.